The highest BCUT2D eigenvalue weighted by molar-refractivity contribution is 5.47. The van der Waals surface area contributed by atoms with Crippen molar-refractivity contribution < 1.29 is 0 Å². The molecule has 2 aromatic rings. The van der Waals surface area contributed by atoms with E-state index in [1.54, 1.807) is 0 Å². The van der Waals surface area contributed by atoms with Crippen LogP contribution in [0.3, 0.4) is 0 Å². The van der Waals surface area contributed by atoms with Crippen LogP contribution in [0.25, 0.3) is 5.69 Å². The number of hydrogen-bond donors (Lipinski definition) is 1. The highest BCUT2D eigenvalue weighted by Gasteiger charge is 2.12. The van der Waals surface area contributed by atoms with Gasteiger partial charge in [0.15, 0.2) is 0 Å². The molecule has 1 aromatic heterocycles. The molecule has 3 nitrogen and oxygen atoms in total. The number of imidazole rings is 1. The summed E-state index contributed by atoms with van der Waals surface area (Å²) >= 11 is 0. The Kier molecular flexibility index (Phi) is 3.28. The summed E-state index contributed by atoms with van der Waals surface area (Å²) in [5.74, 6) is 1.55. The van der Waals surface area contributed by atoms with E-state index < -0.39 is 0 Å². The van der Waals surface area contributed by atoms with Crippen LogP contribution in [0.1, 0.15) is 31.4 Å². The van der Waals surface area contributed by atoms with Crippen LogP contribution in [0.15, 0.2) is 30.6 Å². The summed E-state index contributed by atoms with van der Waals surface area (Å²) in [6, 6.07) is 6.78. The van der Waals surface area contributed by atoms with E-state index in [1.165, 1.54) is 36.1 Å². The molecule has 0 bridgehead atoms. The maximum atomic E-state index is 4.41. The van der Waals surface area contributed by atoms with Crippen LogP contribution in [0, 0.1) is 5.92 Å². The van der Waals surface area contributed by atoms with Gasteiger partial charge >= 0.3 is 0 Å². The number of nitrogens with one attached hydrogen (secondary N) is 1. The molecule has 1 heterocycles. The zero-order valence-electron chi connectivity index (χ0n) is 11.7. The first-order chi connectivity index (χ1) is 9.24. The first-order valence-electron chi connectivity index (χ1n) is 7.13. The number of rotatable bonds is 4. The molecule has 3 rings (SSSR count). The van der Waals surface area contributed by atoms with Crippen LogP contribution >= 0.6 is 0 Å². The molecule has 0 aliphatic heterocycles. The predicted molar refractivity (Wildman–Crippen MR) is 78.9 cm³/mol. The lowest BCUT2D eigenvalue weighted by molar-refractivity contribution is 0.683. The van der Waals surface area contributed by atoms with Crippen LogP contribution in [-0.2, 0) is 12.8 Å². The molecule has 0 unspecified atom stereocenters. The molecule has 0 spiro atoms. The van der Waals surface area contributed by atoms with Gasteiger partial charge in [-0.25, -0.2) is 4.98 Å². The van der Waals surface area contributed by atoms with Crippen molar-refractivity contribution in [2.45, 2.75) is 33.1 Å². The molecule has 3 heteroatoms. The van der Waals surface area contributed by atoms with E-state index in [2.05, 4.69) is 46.9 Å². The minimum absolute atomic E-state index is 0.616. The zero-order chi connectivity index (χ0) is 13.2. The first-order valence-corrected chi connectivity index (χ1v) is 7.13. The Bertz CT molecular complexity index is 569. The summed E-state index contributed by atoms with van der Waals surface area (Å²) in [5.41, 5.74) is 4.23. The van der Waals surface area contributed by atoms with E-state index in [4.69, 9.17) is 0 Å². The van der Waals surface area contributed by atoms with Gasteiger partial charge in [-0.05, 0) is 48.4 Å². The molecule has 1 aromatic carbocycles. The minimum atomic E-state index is 0.616. The second-order valence-electron chi connectivity index (χ2n) is 5.70. The molecule has 19 heavy (non-hydrogen) atoms. The molecule has 0 atom stereocenters. The van der Waals surface area contributed by atoms with Crippen molar-refractivity contribution in [1.82, 2.24) is 9.55 Å². The van der Waals surface area contributed by atoms with Gasteiger partial charge in [0.1, 0.15) is 0 Å². The van der Waals surface area contributed by atoms with E-state index >= 15 is 0 Å². The fourth-order valence-electron chi connectivity index (χ4n) is 2.65. The molecule has 1 aliphatic rings. The number of fused-ring (bicyclic) bond motifs is 1. The summed E-state index contributed by atoms with van der Waals surface area (Å²) in [7, 11) is 0. The Morgan fingerprint density at radius 3 is 2.95 bits per heavy atom. The molecule has 1 aliphatic carbocycles. The summed E-state index contributed by atoms with van der Waals surface area (Å²) in [6.45, 7) is 5.35. The Morgan fingerprint density at radius 1 is 1.26 bits per heavy atom. The molecule has 0 fully saturated rings. The average molecular weight is 255 g/mol. The number of aromatic nitrogens is 2. The standard InChI is InChI=1S/C16H21N3/c1-12(2)11-18-16-17-8-9-19(16)15-7-6-13-4-3-5-14(13)10-15/h6-10,12H,3-5,11H2,1-2H3,(H,17,18). The van der Waals surface area contributed by atoms with Gasteiger partial charge in [-0.15, -0.1) is 0 Å². The van der Waals surface area contributed by atoms with Crippen molar-refractivity contribution >= 4 is 5.95 Å². The van der Waals surface area contributed by atoms with E-state index in [1.807, 2.05) is 12.4 Å². The maximum absolute atomic E-state index is 4.41. The van der Waals surface area contributed by atoms with Gasteiger partial charge in [0.05, 0.1) is 0 Å². The Balaban J connectivity index is 1.88. The molecule has 100 valence electrons. The van der Waals surface area contributed by atoms with Crippen LogP contribution in [0.4, 0.5) is 5.95 Å². The van der Waals surface area contributed by atoms with Gasteiger partial charge < -0.3 is 5.32 Å². The van der Waals surface area contributed by atoms with Crippen molar-refractivity contribution in [3.05, 3.63) is 41.7 Å². The smallest absolute Gasteiger partial charge is 0.207 e. The summed E-state index contributed by atoms with van der Waals surface area (Å²) in [6.07, 6.45) is 7.63. The van der Waals surface area contributed by atoms with E-state index in [0.29, 0.717) is 5.92 Å². The molecular formula is C16H21N3. The number of aryl methyl sites for hydroxylation is 2. The summed E-state index contributed by atoms with van der Waals surface area (Å²) < 4.78 is 2.14. The van der Waals surface area contributed by atoms with Crippen LogP contribution in [0.2, 0.25) is 0 Å². The number of hydrogen-bond acceptors (Lipinski definition) is 2. The molecule has 0 radical (unpaired) electrons. The topological polar surface area (TPSA) is 29.9 Å². The van der Waals surface area contributed by atoms with Crippen molar-refractivity contribution in [1.29, 1.82) is 0 Å². The summed E-state index contributed by atoms with van der Waals surface area (Å²) in [5, 5.41) is 3.41. The van der Waals surface area contributed by atoms with Crippen molar-refractivity contribution in [2.75, 3.05) is 11.9 Å². The lowest BCUT2D eigenvalue weighted by Gasteiger charge is -2.12. The second-order valence-corrected chi connectivity index (χ2v) is 5.70. The Hall–Kier alpha value is -1.77. The third kappa shape index (κ3) is 2.50. The van der Waals surface area contributed by atoms with Crippen LogP contribution < -0.4 is 5.32 Å². The van der Waals surface area contributed by atoms with Crippen molar-refractivity contribution in [3.8, 4) is 5.69 Å². The normalized spacial score (nSPS) is 13.8. The Morgan fingerprint density at radius 2 is 2.11 bits per heavy atom. The Labute approximate surface area is 114 Å². The fraction of sp³-hybridized carbons (Fsp3) is 0.438. The quantitative estimate of drug-likeness (QED) is 0.907. The van der Waals surface area contributed by atoms with Gasteiger partial charge in [0, 0.05) is 24.6 Å². The van der Waals surface area contributed by atoms with E-state index in [-0.39, 0.29) is 0 Å². The van der Waals surface area contributed by atoms with E-state index in [9.17, 15) is 0 Å². The van der Waals surface area contributed by atoms with Gasteiger partial charge in [0.2, 0.25) is 5.95 Å². The molecular weight excluding hydrogens is 234 g/mol. The number of anilines is 1. The number of benzene rings is 1. The van der Waals surface area contributed by atoms with Crippen LogP contribution in [0.5, 0.6) is 0 Å². The monoisotopic (exact) mass is 255 g/mol. The summed E-state index contributed by atoms with van der Waals surface area (Å²) in [4.78, 5) is 4.41. The highest BCUT2D eigenvalue weighted by Crippen LogP contribution is 2.25. The van der Waals surface area contributed by atoms with E-state index in [0.717, 1.165) is 12.5 Å². The first kappa shape index (κ1) is 12.3. The SMILES string of the molecule is CC(C)CNc1nccn1-c1ccc2c(c1)CCC2. The average Bonchev–Trinajstić information content (AvgIpc) is 3.04. The maximum Gasteiger partial charge on any atom is 0.207 e. The largest absolute Gasteiger partial charge is 0.355 e. The fourth-order valence-corrected chi connectivity index (χ4v) is 2.65. The van der Waals surface area contributed by atoms with Crippen LogP contribution in [-0.4, -0.2) is 16.1 Å². The number of nitrogens with zero attached hydrogens (tertiary/aromatic N) is 2. The van der Waals surface area contributed by atoms with Crippen molar-refractivity contribution in [2.24, 2.45) is 5.92 Å². The van der Waals surface area contributed by atoms with Gasteiger partial charge in [0.25, 0.3) is 0 Å². The third-order valence-corrected chi connectivity index (χ3v) is 3.67. The lowest BCUT2D eigenvalue weighted by Crippen LogP contribution is -2.12. The second kappa shape index (κ2) is 5.08. The molecule has 0 saturated carbocycles. The third-order valence-electron chi connectivity index (χ3n) is 3.67. The minimum Gasteiger partial charge on any atom is -0.355 e. The van der Waals surface area contributed by atoms with Gasteiger partial charge in [-0.1, -0.05) is 19.9 Å². The molecule has 1 N–H and O–H groups in total. The zero-order valence-corrected chi connectivity index (χ0v) is 11.7. The molecule has 0 amide bonds. The van der Waals surface area contributed by atoms with Gasteiger partial charge in [-0.2, -0.15) is 0 Å². The molecule has 0 saturated heterocycles. The predicted octanol–water partition coefficient (Wildman–Crippen LogP) is 3.43. The van der Waals surface area contributed by atoms with Gasteiger partial charge in [-0.3, -0.25) is 4.57 Å². The highest BCUT2D eigenvalue weighted by atomic mass is 15.2. The van der Waals surface area contributed by atoms with Crippen molar-refractivity contribution in [3.63, 3.8) is 0 Å². The lowest BCUT2D eigenvalue weighted by atomic mass is 10.1.